The maximum atomic E-state index is 13.9. The zero-order chi connectivity index (χ0) is 24.4. The molecule has 0 aromatic heterocycles. The molecule has 0 aliphatic rings. The Balaban J connectivity index is 2.02. The highest BCUT2D eigenvalue weighted by Gasteiger charge is 2.27. The SMILES string of the molecule is CCN(CC)CCOc1ccccc1CNC(=O)C(NC(=O)c1c(F)cccc1F)C(C)C. The molecule has 33 heavy (non-hydrogen) atoms. The molecule has 0 saturated carbocycles. The van der Waals surface area contributed by atoms with Gasteiger partial charge in [0.25, 0.3) is 5.91 Å². The van der Waals surface area contributed by atoms with Crippen molar-refractivity contribution in [3.63, 3.8) is 0 Å². The molecule has 2 aromatic rings. The lowest BCUT2D eigenvalue weighted by molar-refractivity contribution is -0.124. The average Bonchev–Trinajstić information content (AvgIpc) is 2.79. The Morgan fingerprint density at radius 2 is 1.64 bits per heavy atom. The van der Waals surface area contributed by atoms with E-state index in [2.05, 4.69) is 29.4 Å². The molecule has 180 valence electrons. The third-order valence-corrected chi connectivity index (χ3v) is 5.41. The highest BCUT2D eigenvalue weighted by atomic mass is 19.1. The Kier molecular flexibility index (Phi) is 10.3. The Bertz CT molecular complexity index is 913. The molecule has 0 saturated heterocycles. The molecule has 6 nitrogen and oxygen atoms in total. The molecule has 0 radical (unpaired) electrons. The van der Waals surface area contributed by atoms with Gasteiger partial charge in [0.1, 0.15) is 35.6 Å². The van der Waals surface area contributed by atoms with Crippen molar-refractivity contribution in [2.75, 3.05) is 26.2 Å². The Morgan fingerprint density at radius 3 is 2.24 bits per heavy atom. The zero-order valence-electron chi connectivity index (χ0n) is 19.7. The van der Waals surface area contributed by atoms with Crippen LogP contribution in [0, 0.1) is 17.6 Å². The molecule has 2 N–H and O–H groups in total. The van der Waals surface area contributed by atoms with E-state index >= 15 is 0 Å². The predicted octanol–water partition coefficient (Wildman–Crippen LogP) is 3.76. The molecule has 0 spiro atoms. The summed E-state index contributed by atoms with van der Waals surface area (Å²) in [6, 6.07) is 9.61. The number of rotatable bonds is 12. The van der Waals surface area contributed by atoms with Crippen LogP contribution in [0.5, 0.6) is 5.75 Å². The molecule has 0 aliphatic heterocycles. The smallest absolute Gasteiger partial charge is 0.257 e. The predicted molar refractivity (Wildman–Crippen MR) is 124 cm³/mol. The Labute approximate surface area is 194 Å². The van der Waals surface area contributed by atoms with Crippen LogP contribution in [0.3, 0.4) is 0 Å². The summed E-state index contributed by atoms with van der Waals surface area (Å²) in [6.07, 6.45) is 0. The second-order valence-electron chi connectivity index (χ2n) is 7.99. The van der Waals surface area contributed by atoms with E-state index in [1.54, 1.807) is 13.8 Å². The first-order valence-corrected chi connectivity index (χ1v) is 11.2. The molecule has 2 rings (SSSR count). The van der Waals surface area contributed by atoms with E-state index < -0.39 is 35.1 Å². The molecule has 0 aliphatic carbocycles. The van der Waals surface area contributed by atoms with Crippen LogP contribution in [0.25, 0.3) is 0 Å². The van der Waals surface area contributed by atoms with Crippen LogP contribution >= 0.6 is 0 Å². The van der Waals surface area contributed by atoms with E-state index in [9.17, 15) is 18.4 Å². The molecule has 0 fully saturated rings. The fraction of sp³-hybridized carbons (Fsp3) is 0.440. The topological polar surface area (TPSA) is 70.7 Å². The number of benzene rings is 2. The van der Waals surface area contributed by atoms with E-state index in [-0.39, 0.29) is 12.5 Å². The standard InChI is InChI=1S/C25H33F2N3O3/c1-5-30(6-2)14-15-33-21-13-8-7-10-18(21)16-28-25(32)23(17(3)4)29-24(31)22-19(26)11-9-12-20(22)27/h7-13,17,23H,5-6,14-16H2,1-4H3,(H,28,32)(H,29,31). The van der Waals surface area contributed by atoms with Crippen molar-refractivity contribution in [2.24, 2.45) is 5.92 Å². The van der Waals surface area contributed by atoms with Crippen LogP contribution in [-0.2, 0) is 11.3 Å². The van der Waals surface area contributed by atoms with Gasteiger partial charge >= 0.3 is 0 Å². The van der Waals surface area contributed by atoms with Gasteiger partial charge in [-0.05, 0) is 37.2 Å². The van der Waals surface area contributed by atoms with E-state index in [1.807, 2.05) is 24.3 Å². The van der Waals surface area contributed by atoms with Gasteiger partial charge in [0.15, 0.2) is 0 Å². The number of hydrogen-bond acceptors (Lipinski definition) is 4. The van der Waals surface area contributed by atoms with Crippen LogP contribution in [0.2, 0.25) is 0 Å². The lowest BCUT2D eigenvalue weighted by Gasteiger charge is -2.22. The van der Waals surface area contributed by atoms with Crippen LogP contribution < -0.4 is 15.4 Å². The quantitative estimate of drug-likeness (QED) is 0.505. The Morgan fingerprint density at radius 1 is 1.00 bits per heavy atom. The second-order valence-corrected chi connectivity index (χ2v) is 7.99. The van der Waals surface area contributed by atoms with Crippen molar-refractivity contribution in [3.8, 4) is 5.75 Å². The number of amides is 2. The summed E-state index contributed by atoms with van der Waals surface area (Å²) < 4.78 is 33.8. The summed E-state index contributed by atoms with van der Waals surface area (Å²) in [5.41, 5.74) is 0.0854. The largest absolute Gasteiger partial charge is 0.492 e. The molecular formula is C25H33F2N3O3. The third-order valence-electron chi connectivity index (χ3n) is 5.41. The summed E-state index contributed by atoms with van der Waals surface area (Å²) in [4.78, 5) is 27.5. The number of halogens is 2. The maximum absolute atomic E-state index is 13.9. The van der Waals surface area contributed by atoms with Crippen molar-refractivity contribution in [3.05, 3.63) is 65.2 Å². The van der Waals surface area contributed by atoms with Crippen molar-refractivity contribution in [1.82, 2.24) is 15.5 Å². The number of para-hydroxylation sites is 1. The first-order chi connectivity index (χ1) is 15.8. The van der Waals surface area contributed by atoms with Crippen molar-refractivity contribution in [1.29, 1.82) is 0 Å². The molecule has 8 heteroatoms. The molecule has 0 heterocycles. The monoisotopic (exact) mass is 461 g/mol. The molecule has 2 amide bonds. The van der Waals surface area contributed by atoms with Crippen LogP contribution in [0.1, 0.15) is 43.6 Å². The van der Waals surface area contributed by atoms with Gasteiger partial charge in [-0.3, -0.25) is 9.59 Å². The van der Waals surface area contributed by atoms with Crippen LogP contribution in [-0.4, -0.2) is 49.0 Å². The zero-order valence-corrected chi connectivity index (χ0v) is 19.7. The van der Waals surface area contributed by atoms with E-state index in [1.165, 1.54) is 6.07 Å². The van der Waals surface area contributed by atoms with E-state index in [0.717, 1.165) is 37.3 Å². The highest BCUT2D eigenvalue weighted by Crippen LogP contribution is 2.18. The van der Waals surface area contributed by atoms with Crippen molar-refractivity contribution in [2.45, 2.75) is 40.3 Å². The normalized spacial score (nSPS) is 12.0. The number of nitrogens with one attached hydrogen (secondary N) is 2. The molecule has 0 bridgehead atoms. The summed E-state index contributed by atoms with van der Waals surface area (Å²) >= 11 is 0. The maximum Gasteiger partial charge on any atom is 0.257 e. The number of carbonyl (C=O) groups excluding carboxylic acids is 2. The second kappa shape index (κ2) is 12.9. The minimum atomic E-state index is -0.980. The van der Waals surface area contributed by atoms with E-state index in [0.29, 0.717) is 12.4 Å². The molecular weight excluding hydrogens is 428 g/mol. The van der Waals surface area contributed by atoms with Crippen molar-refractivity contribution < 1.29 is 23.1 Å². The van der Waals surface area contributed by atoms with Gasteiger partial charge < -0.3 is 20.3 Å². The summed E-state index contributed by atoms with van der Waals surface area (Å²) in [5, 5.41) is 5.25. The number of carbonyl (C=O) groups is 2. The number of ether oxygens (including phenoxy) is 1. The summed E-state index contributed by atoms with van der Waals surface area (Å²) in [7, 11) is 0. The van der Waals surface area contributed by atoms with Crippen LogP contribution in [0.4, 0.5) is 8.78 Å². The number of likely N-dealkylation sites (N-methyl/N-ethyl adjacent to an activating group) is 1. The fourth-order valence-electron chi connectivity index (χ4n) is 3.37. The third kappa shape index (κ3) is 7.53. The number of hydrogen-bond donors (Lipinski definition) is 2. The first-order valence-electron chi connectivity index (χ1n) is 11.2. The lowest BCUT2D eigenvalue weighted by Crippen LogP contribution is -2.49. The Hall–Kier alpha value is -3.00. The van der Waals surface area contributed by atoms with Gasteiger partial charge in [0.2, 0.25) is 5.91 Å². The van der Waals surface area contributed by atoms with Gasteiger partial charge in [-0.15, -0.1) is 0 Å². The molecule has 1 atom stereocenters. The van der Waals surface area contributed by atoms with Gasteiger partial charge in [0, 0.05) is 18.7 Å². The lowest BCUT2D eigenvalue weighted by atomic mass is 10.0. The van der Waals surface area contributed by atoms with Gasteiger partial charge in [-0.1, -0.05) is 52.0 Å². The van der Waals surface area contributed by atoms with Crippen molar-refractivity contribution >= 4 is 11.8 Å². The van der Waals surface area contributed by atoms with Gasteiger partial charge in [-0.2, -0.15) is 0 Å². The van der Waals surface area contributed by atoms with Gasteiger partial charge in [-0.25, -0.2) is 8.78 Å². The summed E-state index contributed by atoms with van der Waals surface area (Å²) in [6.45, 7) is 11.1. The first kappa shape index (κ1) is 26.3. The fourth-order valence-corrected chi connectivity index (χ4v) is 3.37. The molecule has 1 unspecified atom stereocenters. The highest BCUT2D eigenvalue weighted by molar-refractivity contribution is 5.98. The van der Waals surface area contributed by atoms with E-state index in [4.69, 9.17) is 4.74 Å². The average molecular weight is 462 g/mol. The number of nitrogens with zero attached hydrogens (tertiary/aromatic N) is 1. The summed E-state index contributed by atoms with van der Waals surface area (Å²) in [5.74, 6) is -3.02. The van der Waals surface area contributed by atoms with Gasteiger partial charge in [0.05, 0.1) is 0 Å². The minimum Gasteiger partial charge on any atom is -0.492 e. The minimum absolute atomic E-state index is 0.188. The van der Waals surface area contributed by atoms with Crippen LogP contribution in [0.15, 0.2) is 42.5 Å². The molecule has 2 aromatic carbocycles.